The Morgan fingerprint density at radius 1 is 1.32 bits per heavy atom. The lowest BCUT2D eigenvalue weighted by atomic mass is 10.1. The third-order valence-electron chi connectivity index (χ3n) is 3.08. The fourth-order valence-corrected chi connectivity index (χ4v) is 2.34. The first kappa shape index (κ1) is 11.9. The minimum atomic E-state index is -0.758. The smallest absolute Gasteiger partial charge is 0.220 e. The van der Waals surface area contributed by atoms with Crippen molar-refractivity contribution in [3.8, 4) is 0 Å². The Bertz CT molecular complexity index is 755. The van der Waals surface area contributed by atoms with Crippen LogP contribution in [0.3, 0.4) is 0 Å². The Kier molecular flexibility index (Phi) is 2.46. The number of hydrogen-bond acceptors (Lipinski definition) is 4. The second-order valence-corrected chi connectivity index (χ2v) is 5.42. The predicted molar refractivity (Wildman–Crippen MR) is 75.7 cm³/mol. The van der Waals surface area contributed by atoms with Gasteiger partial charge in [-0.3, -0.25) is 0 Å². The van der Waals surface area contributed by atoms with Gasteiger partial charge < -0.3 is 15.4 Å². The molecule has 0 aliphatic heterocycles. The summed E-state index contributed by atoms with van der Waals surface area (Å²) >= 11 is 0. The lowest BCUT2D eigenvalue weighted by Crippen LogP contribution is -2.25. The molecule has 1 aromatic carbocycles. The first-order valence-corrected chi connectivity index (χ1v) is 6.16. The molecule has 0 saturated carbocycles. The average molecular weight is 256 g/mol. The van der Waals surface area contributed by atoms with E-state index >= 15 is 0 Å². The molecule has 0 aliphatic carbocycles. The van der Waals surface area contributed by atoms with Crippen LogP contribution in [0.25, 0.3) is 21.8 Å². The molecule has 3 rings (SSSR count). The highest BCUT2D eigenvalue weighted by atomic mass is 16.3. The van der Waals surface area contributed by atoms with Crippen molar-refractivity contribution < 1.29 is 5.11 Å². The van der Waals surface area contributed by atoms with E-state index in [1.165, 1.54) is 0 Å². The molecule has 2 aromatic heterocycles. The van der Waals surface area contributed by atoms with Gasteiger partial charge in [0.15, 0.2) is 0 Å². The summed E-state index contributed by atoms with van der Waals surface area (Å²) in [5, 5.41) is 11.9. The lowest BCUT2D eigenvalue weighted by molar-refractivity contribution is 0.0628. The molecule has 2 heterocycles. The zero-order chi connectivity index (χ0) is 13.6. The normalized spacial score (nSPS) is 12.4. The molecule has 0 aliphatic rings. The molecule has 3 N–H and O–H groups in total. The fraction of sp³-hybridized carbons (Fsp3) is 0.286. The Hall–Kier alpha value is -2.14. The molecule has 3 aromatic rings. The zero-order valence-electron chi connectivity index (χ0n) is 11.0. The summed E-state index contributed by atoms with van der Waals surface area (Å²) in [4.78, 5) is 8.30. The Labute approximate surface area is 110 Å². The lowest BCUT2D eigenvalue weighted by Gasteiger charge is -2.18. The number of aliphatic hydroxyl groups is 1. The first-order valence-electron chi connectivity index (χ1n) is 6.16. The highest BCUT2D eigenvalue weighted by Gasteiger charge is 2.15. The highest BCUT2D eigenvalue weighted by Crippen LogP contribution is 2.25. The minimum Gasteiger partial charge on any atom is -0.389 e. The maximum absolute atomic E-state index is 9.94. The van der Waals surface area contributed by atoms with Gasteiger partial charge in [-0.05, 0) is 32.0 Å². The van der Waals surface area contributed by atoms with Crippen molar-refractivity contribution in [3.05, 3.63) is 30.6 Å². The average Bonchev–Trinajstić information content (AvgIpc) is 2.70. The second kappa shape index (κ2) is 3.93. The van der Waals surface area contributed by atoms with Gasteiger partial charge in [0.25, 0.3) is 0 Å². The summed E-state index contributed by atoms with van der Waals surface area (Å²) in [5.41, 5.74) is 6.78. The summed E-state index contributed by atoms with van der Waals surface area (Å²) in [7, 11) is 0. The SMILES string of the molecule is CC(C)(O)Cn1ccc2c3nc(N)ncc3ccc21. The molecular weight excluding hydrogens is 240 g/mol. The van der Waals surface area contributed by atoms with Crippen LogP contribution in [0.1, 0.15) is 13.8 Å². The largest absolute Gasteiger partial charge is 0.389 e. The van der Waals surface area contributed by atoms with Crippen LogP contribution in [0.4, 0.5) is 5.95 Å². The third-order valence-corrected chi connectivity index (χ3v) is 3.08. The molecule has 0 spiro atoms. The maximum atomic E-state index is 9.94. The van der Waals surface area contributed by atoms with E-state index in [9.17, 15) is 5.11 Å². The van der Waals surface area contributed by atoms with Crippen LogP contribution >= 0.6 is 0 Å². The first-order chi connectivity index (χ1) is 8.94. The van der Waals surface area contributed by atoms with E-state index in [1.54, 1.807) is 20.0 Å². The van der Waals surface area contributed by atoms with Crippen LogP contribution in [0.2, 0.25) is 0 Å². The fourth-order valence-electron chi connectivity index (χ4n) is 2.34. The van der Waals surface area contributed by atoms with Crippen LogP contribution < -0.4 is 5.73 Å². The van der Waals surface area contributed by atoms with Crippen LogP contribution in [0.15, 0.2) is 30.6 Å². The number of benzene rings is 1. The quantitative estimate of drug-likeness (QED) is 0.734. The molecule has 0 amide bonds. The van der Waals surface area contributed by atoms with Gasteiger partial charge in [0.1, 0.15) is 0 Å². The monoisotopic (exact) mass is 256 g/mol. The number of hydrogen-bond donors (Lipinski definition) is 2. The van der Waals surface area contributed by atoms with Crippen molar-refractivity contribution in [2.24, 2.45) is 0 Å². The number of nitrogens with zero attached hydrogens (tertiary/aromatic N) is 3. The van der Waals surface area contributed by atoms with Gasteiger partial charge in [0, 0.05) is 23.2 Å². The van der Waals surface area contributed by atoms with Crippen LogP contribution in [-0.4, -0.2) is 25.2 Å². The highest BCUT2D eigenvalue weighted by molar-refractivity contribution is 6.04. The predicted octanol–water partition coefficient (Wildman–Crippen LogP) is 1.94. The Morgan fingerprint density at radius 3 is 2.84 bits per heavy atom. The van der Waals surface area contributed by atoms with E-state index in [-0.39, 0.29) is 5.95 Å². The number of aromatic nitrogens is 3. The van der Waals surface area contributed by atoms with Gasteiger partial charge in [-0.2, -0.15) is 0 Å². The molecular formula is C14H16N4O. The topological polar surface area (TPSA) is 77.0 Å². The van der Waals surface area contributed by atoms with Gasteiger partial charge in [-0.25, -0.2) is 9.97 Å². The van der Waals surface area contributed by atoms with E-state index in [0.717, 1.165) is 21.8 Å². The number of fused-ring (bicyclic) bond motifs is 3. The van der Waals surface area contributed by atoms with E-state index in [2.05, 4.69) is 9.97 Å². The van der Waals surface area contributed by atoms with Crippen molar-refractivity contribution in [1.29, 1.82) is 0 Å². The molecule has 19 heavy (non-hydrogen) atoms. The van der Waals surface area contributed by atoms with Crippen molar-refractivity contribution in [2.45, 2.75) is 26.0 Å². The summed E-state index contributed by atoms with van der Waals surface area (Å²) < 4.78 is 2.02. The Balaban J connectivity index is 2.25. The molecule has 98 valence electrons. The minimum absolute atomic E-state index is 0.273. The standard InChI is InChI=1S/C14H16N4O/c1-14(2,19)8-18-6-5-10-11(18)4-3-9-7-16-13(15)17-12(9)10/h3-7,19H,8H2,1-2H3,(H2,15,16,17). The van der Waals surface area contributed by atoms with Crippen molar-refractivity contribution >= 4 is 27.8 Å². The van der Waals surface area contributed by atoms with Crippen molar-refractivity contribution in [1.82, 2.24) is 14.5 Å². The van der Waals surface area contributed by atoms with Crippen LogP contribution in [-0.2, 0) is 6.54 Å². The summed E-state index contributed by atoms with van der Waals surface area (Å²) in [5.74, 6) is 0.273. The van der Waals surface area contributed by atoms with Crippen LogP contribution in [0.5, 0.6) is 0 Å². The summed E-state index contributed by atoms with van der Waals surface area (Å²) in [6.07, 6.45) is 3.69. The molecule has 5 nitrogen and oxygen atoms in total. The third kappa shape index (κ3) is 2.13. The molecule has 5 heteroatoms. The van der Waals surface area contributed by atoms with Gasteiger partial charge >= 0.3 is 0 Å². The molecule has 0 unspecified atom stereocenters. The van der Waals surface area contributed by atoms with Crippen molar-refractivity contribution in [2.75, 3.05) is 5.73 Å². The van der Waals surface area contributed by atoms with Crippen LogP contribution in [0, 0.1) is 0 Å². The summed E-state index contributed by atoms with van der Waals surface area (Å²) in [6.45, 7) is 4.11. The number of anilines is 1. The summed E-state index contributed by atoms with van der Waals surface area (Å²) in [6, 6.07) is 5.98. The zero-order valence-corrected chi connectivity index (χ0v) is 11.0. The number of nitrogen functional groups attached to an aromatic ring is 1. The maximum Gasteiger partial charge on any atom is 0.220 e. The molecule has 0 saturated heterocycles. The number of rotatable bonds is 2. The van der Waals surface area contributed by atoms with Gasteiger partial charge in [0.05, 0.1) is 23.2 Å². The van der Waals surface area contributed by atoms with Gasteiger partial charge in [-0.1, -0.05) is 0 Å². The molecule has 0 fully saturated rings. The van der Waals surface area contributed by atoms with E-state index < -0.39 is 5.60 Å². The second-order valence-electron chi connectivity index (χ2n) is 5.42. The van der Waals surface area contributed by atoms with Crippen molar-refractivity contribution in [3.63, 3.8) is 0 Å². The molecule has 0 radical (unpaired) electrons. The van der Waals surface area contributed by atoms with E-state index in [1.807, 2.05) is 29.0 Å². The Morgan fingerprint density at radius 2 is 2.11 bits per heavy atom. The van der Waals surface area contributed by atoms with Gasteiger partial charge in [0.2, 0.25) is 5.95 Å². The van der Waals surface area contributed by atoms with E-state index in [0.29, 0.717) is 6.54 Å². The molecule has 0 bridgehead atoms. The van der Waals surface area contributed by atoms with E-state index in [4.69, 9.17) is 5.73 Å². The number of nitrogens with two attached hydrogens (primary N) is 1. The molecule has 0 atom stereocenters. The van der Waals surface area contributed by atoms with Gasteiger partial charge in [-0.15, -0.1) is 0 Å².